The molecule has 0 aromatic heterocycles. The molecule has 1 atom stereocenters. The average Bonchev–Trinajstić information content (AvgIpc) is 2.22. The van der Waals surface area contributed by atoms with E-state index in [-0.39, 0.29) is 17.3 Å². The lowest BCUT2D eigenvalue weighted by atomic mass is 9.97. The van der Waals surface area contributed by atoms with Crippen molar-refractivity contribution in [1.29, 1.82) is 0 Å². The number of nitrogens with zero attached hydrogens (tertiary/aromatic N) is 1. The number of esters is 1. The molecule has 0 bridgehead atoms. The van der Waals surface area contributed by atoms with Crippen molar-refractivity contribution in [2.75, 3.05) is 21.2 Å². The molecule has 0 rings (SSSR count). The van der Waals surface area contributed by atoms with Crippen LogP contribution in [0.1, 0.15) is 20.3 Å². The van der Waals surface area contributed by atoms with Crippen LogP contribution < -0.4 is 0 Å². The van der Waals surface area contributed by atoms with Gasteiger partial charge in [0.2, 0.25) is 0 Å². The summed E-state index contributed by atoms with van der Waals surface area (Å²) in [5, 5.41) is 0. The van der Waals surface area contributed by atoms with Crippen molar-refractivity contribution in [2.45, 2.75) is 20.3 Å². The van der Waals surface area contributed by atoms with Gasteiger partial charge >= 0.3 is 5.97 Å². The van der Waals surface area contributed by atoms with E-state index < -0.39 is 5.97 Å². The van der Waals surface area contributed by atoms with E-state index in [1.165, 1.54) is 13.3 Å². The Balaban J connectivity index is 4.95. The largest absolute Gasteiger partial charge is 0.465 e. The van der Waals surface area contributed by atoms with E-state index in [9.17, 15) is 9.59 Å². The molecule has 4 heteroatoms. The first-order chi connectivity index (χ1) is 6.93. The van der Waals surface area contributed by atoms with Crippen molar-refractivity contribution < 1.29 is 14.3 Å². The van der Waals surface area contributed by atoms with Gasteiger partial charge < -0.3 is 9.64 Å². The number of ether oxygens (including phenoxy) is 1. The van der Waals surface area contributed by atoms with E-state index >= 15 is 0 Å². The van der Waals surface area contributed by atoms with Crippen molar-refractivity contribution in [2.24, 2.45) is 5.92 Å². The molecule has 0 N–H and O–H groups in total. The third kappa shape index (κ3) is 4.14. The molecule has 0 aliphatic carbocycles. The second kappa shape index (κ2) is 6.22. The summed E-state index contributed by atoms with van der Waals surface area (Å²) in [6, 6.07) is 0. The molecule has 0 heterocycles. The van der Waals surface area contributed by atoms with Crippen LogP contribution in [0, 0.1) is 5.92 Å². The van der Waals surface area contributed by atoms with Gasteiger partial charge in [-0.2, -0.15) is 0 Å². The third-order valence-corrected chi connectivity index (χ3v) is 2.12. The van der Waals surface area contributed by atoms with E-state index in [1.54, 1.807) is 25.9 Å². The van der Waals surface area contributed by atoms with Gasteiger partial charge in [0.25, 0.3) is 0 Å². The molecule has 15 heavy (non-hydrogen) atoms. The van der Waals surface area contributed by atoms with Gasteiger partial charge in [-0.25, -0.2) is 4.79 Å². The van der Waals surface area contributed by atoms with Gasteiger partial charge in [0, 0.05) is 26.2 Å². The van der Waals surface area contributed by atoms with Crippen molar-refractivity contribution >= 4 is 11.8 Å². The molecule has 0 aliphatic rings. The molecular formula is C11H19NO3. The number of Topliss-reactive ketones (excluding diaryl/α,β-unsaturated/α-hetero) is 1. The number of hydrogen-bond donors (Lipinski definition) is 0. The number of rotatable bonds is 5. The summed E-state index contributed by atoms with van der Waals surface area (Å²) < 4.78 is 4.57. The minimum Gasteiger partial charge on any atom is -0.465 e. The van der Waals surface area contributed by atoms with Gasteiger partial charge in [0.05, 0.1) is 7.11 Å². The minimum absolute atomic E-state index is 0.108. The molecular weight excluding hydrogens is 194 g/mol. The van der Waals surface area contributed by atoms with Crippen LogP contribution in [0.4, 0.5) is 0 Å². The summed E-state index contributed by atoms with van der Waals surface area (Å²) >= 11 is 0. The van der Waals surface area contributed by atoms with Crippen LogP contribution in [0.2, 0.25) is 0 Å². The Morgan fingerprint density at radius 2 is 1.93 bits per heavy atom. The molecule has 1 unspecified atom stereocenters. The van der Waals surface area contributed by atoms with Gasteiger partial charge in [-0.3, -0.25) is 4.79 Å². The molecule has 0 amide bonds. The maximum Gasteiger partial charge on any atom is 0.342 e. The highest BCUT2D eigenvalue weighted by atomic mass is 16.5. The Bertz CT molecular complexity index is 269. The summed E-state index contributed by atoms with van der Waals surface area (Å²) in [6.45, 7) is 3.71. The maximum atomic E-state index is 11.8. The molecule has 0 saturated heterocycles. The fourth-order valence-electron chi connectivity index (χ4n) is 1.04. The zero-order valence-corrected chi connectivity index (χ0v) is 10.0. The zero-order chi connectivity index (χ0) is 12.0. The fourth-order valence-corrected chi connectivity index (χ4v) is 1.04. The van der Waals surface area contributed by atoms with Crippen LogP contribution in [0.25, 0.3) is 0 Å². The lowest BCUT2D eigenvalue weighted by Crippen LogP contribution is -2.22. The molecule has 0 radical (unpaired) electrons. The molecule has 0 aromatic rings. The summed E-state index contributed by atoms with van der Waals surface area (Å²) in [6.07, 6.45) is 2.21. The monoisotopic (exact) mass is 213 g/mol. The van der Waals surface area contributed by atoms with Crippen molar-refractivity contribution in [3.63, 3.8) is 0 Å². The summed E-state index contributed by atoms with van der Waals surface area (Å²) in [4.78, 5) is 24.8. The maximum absolute atomic E-state index is 11.8. The number of hydrogen-bond acceptors (Lipinski definition) is 4. The van der Waals surface area contributed by atoms with Crippen LogP contribution in [0.3, 0.4) is 0 Å². The Kier molecular flexibility index (Phi) is 5.67. The minimum atomic E-state index is -0.575. The smallest absolute Gasteiger partial charge is 0.342 e. The Morgan fingerprint density at radius 1 is 1.40 bits per heavy atom. The van der Waals surface area contributed by atoms with E-state index in [1.807, 2.05) is 6.92 Å². The molecule has 0 aliphatic heterocycles. The molecule has 4 nitrogen and oxygen atoms in total. The molecule has 0 fully saturated rings. The standard InChI is InChI=1S/C11H19NO3/c1-6-8(2)10(13)9(7-12(3)4)11(14)15-5/h7-8H,6H2,1-5H3. The second-order valence-electron chi connectivity index (χ2n) is 3.67. The first kappa shape index (κ1) is 13.7. The lowest BCUT2D eigenvalue weighted by Gasteiger charge is -2.12. The van der Waals surface area contributed by atoms with Crippen LogP contribution >= 0.6 is 0 Å². The van der Waals surface area contributed by atoms with Crippen LogP contribution in [-0.4, -0.2) is 37.9 Å². The highest BCUT2D eigenvalue weighted by Crippen LogP contribution is 2.11. The second-order valence-corrected chi connectivity index (χ2v) is 3.67. The topological polar surface area (TPSA) is 46.6 Å². The predicted molar refractivity (Wildman–Crippen MR) is 58.2 cm³/mol. The Labute approximate surface area is 90.9 Å². The van der Waals surface area contributed by atoms with Gasteiger partial charge in [-0.15, -0.1) is 0 Å². The van der Waals surface area contributed by atoms with Gasteiger partial charge in [0.1, 0.15) is 5.57 Å². The first-order valence-corrected chi connectivity index (χ1v) is 4.94. The zero-order valence-electron chi connectivity index (χ0n) is 10.0. The Hall–Kier alpha value is -1.32. The molecule has 86 valence electrons. The molecule has 0 saturated carbocycles. The van der Waals surface area contributed by atoms with E-state index in [4.69, 9.17) is 0 Å². The van der Waals surface area contributed by atoms with Crippen molar-refractivity contribution in [3.05, 3.63) is 11.8 Å². The SMILES string of the molecule is CCC(C)C(=O)C(=CN(C)C)C(=O)OC. The normalized spacial score (nSPS) is 13.3. The fraction of sp³-hybridized carbons (Fsp3) is 0.636. The number of carbonyl (C=O) groups excluding carboxylic acids is 2. The number of ketones is 1. The van der Waals surface area contributed by atoms with Gasteiger partial charge in [0.15, 0.2) is 5.78 Å². The lowest BCUT2D eigenvalue weighted by molar-refractivity contribution is -0.138. The van der Waals surface area contributed by atoms with E-state index in [2.05, 4.69) is 4.74 Å². The van der Waals surface area contributed by atoms with Gasteiger partial charge in [-0.1, -0.05) is 13.8 Å². The predicted octanol–water partition coefficient (Wildman–Crippen LogP) is 1.22. The van der Waals surface area contributed by atoms with E-state index in [0.29, 0.717) is 6.42 Å². The Morgan fingerprint density at radius 3 is 2.27 bits per heavy atom. The van der Waals surface area contributed by atoms with Crippen molar-refractivity contribution in [3.8, 4) is 0 Å². The summed E-state index contributed by atoms with van der Waals surface area (Å²) in [5.74, 6) is -0.901. The van der Waals surface area contributed by atoms with E-state index in [0.717, 1.165) is 0 Å². The number of methoxy groups -OCH3 is 1. The highest BCUT2D eigenvalue weighted by molar-refractivity contribution is 6.17. The van der Waals surface area contributed by atoms with Crippen LogP contribution in [-0.2, 0) is 14.3 Å². The van der Waals surface area contributed by atoms with Crippen LogP contribution in [0.5, 0.6) is 0 Å². The average molecular weight is 213 g/mol. The molecule has 0 spiro atoms. The highest BCUT2D eigenvalue weighted by Gasteiger charge is 2.23. The first-order valence-electron chi connectivity index (χ1n) is 4.94. The van der Waals surface area contributed by atoms with Crippen molar-refractivity contribution in [1.82, 2.24) is 4.90 Å². The van der Waals surface area contributed by atoms with Gasteiger partial charge in [-0.05, 0) is 6.42 Å². The summed E-state index contributed by atoms with van der Waals surface area (Å²) in [7, 11) is 4.79. The third-order valence-electron chi connectivity index (χ3n) is 2.12. The quantitative estimate of drug-likeness (QED) is 0.298. The number of carbonyl (C=O) groups is 2. The van der Waals surface area contributed by atoms with Crippen LogP contribution in [0.15, 0.2) is 11.8 Å². The summed E-state index contributed by atoms with van der Waals surface area (Å²) in [5.41, 5.74) is 0.108. The molecule has 0 aromatic carbocycles.